The second-order valence-corrected chi connectivity index (χ2v) is 7.50. The molecule has 0 spiro atoms. The van der Waals surface area contributed by atoms with Gasteiger partial charge in [0.25, 0.3) is 5.91 Å². The highest BCUT2D eigenvalue weighted by atomic mass is 32.2. The van der Waals surface area contributed by atoms with Crippen molar-refractivity contribution in [2.24, 2.45) is 7.05 Å². The zero-order valence-corrected chi connectivity index (χ0v) is 17.3. The molecule has 1 aromatic heterocycles. The Morgan fingerprint density at radius 2 is 2.04 bits per heavy atom. The average molecular weight is 407 g/mol. The molecule has 1 amide bonds. The van der Waals surface area contributed by atoms with Crippen molar-refractivity contribution in [2.75, 3.05) is 33.1 Å². The van der Waals surface area contributed by atoms with E-state index in [4.69, 9.17) is 14.2 Å². The summed E-state index contributed by atoms with van der Waals surface area (Å²) >= 11 is 1.66. The number of hydrogen-bond donors (Lipinski definition) is 1. The molecule has 1 N–H and O–H groups in total. The third-order valence-corrected chi connectivity index (χ3v) is 5.75. The Kier molecular flexibility index (Phi) is 7.16. The van der Waals surface area contributed by atoms with E-state index >= 15 is 0 Å². The Hall–Kier alpha value is -2.26. The molecular formula is C19H26N4O4S. The van der Waals surface area contributed by atoms with E-state index < -0.39 is 0 Å². The Morgan fingerprint density at radius 1 is 1.29 bits per heavy atom. The Bertz CT molecular complexity index is 783. The molecule has 1 aromatic carbocycles. The second-order valence-electron chi connectivity index (χ2n) is 6.51. The van der Waals surface area contributed by atoms with E-state index in [2.05, 4.69) is 15.5 Å². The number of nitrogens with one attached hydrogen (secondary N) is 1. The van der Waals surface area contributed by atoms with Crippen molar-refractivity contribution in [3.63, 3.8) is 0 Å². The summed E-state index contributed by atoms with van der Waals surface area (Å²) in [6, 6.07) is 5.09. The number of nitrogens with zero attached hydrogens (tertiary/aromatic N) is 3. The van der Waals surface area contributed by atoms with Crippen molar-refractivity contribution in [2.45, 2.75) is 30.5 Å². The Labute approximate surface area is 168 Å². The first-order chi connectivity index (χ1) is 13.6. The smallest absolute Gasteiger partial charge is 0.251 e. The number of amides is 1. The minimum Gasteiger partial charge on any atom is -0.497 e. The number of aromatic nitrogens is 3. The highest BCUT2D eigenvalue weighted by Gasteiger charge is 2.18. The van der Waals surface area contributed by atoms with E-state index in [-0.39, 0.29) is 5.91 Å². The SMILES string of the molecule is COc1cc(OC)cc(C(=O)NCCc2nnc(SCC3CCCO3)n2C)c1. The first-order valence-electron chi connectivity index (χ1n) is 9.24. The minimum absolute atomic E-state index is 0.188. The molecule has 0 bridgehead atoms. The number of rotatable bonds is 9. The largest absolute Gasteiger partial charge is 0.497 e. The molecule has 8 nitrogen and oxygen atoms in total. The number of hydrogen-bond acceptors (Lipinski definition) is 7. The highest BCUT2D eigenvalue weighted by molar-refractivity contribution is 7.99. The molecule has 0 aliphatic carbocycles. The molecule has 1 saturated heterocycles. The molecule has 1 aliphatic heterocycles. The van der Waals surface area contributed by atoms with E-state index in [1.165, 1.54) is 0 Å². The van der Waals surface area contributed by atoms with Gasteiger partial charge >= 0.3 is 0 Å². The molecule has 2 aromatic rings. The maximum atomic E-state index is 12.4. The molecule has 2 heterocycles. The van der Waals surface area contributed by atoms with Crippen LogP contribution in [-0.2, 0) is 18.2 Å². The molecule has 1 unspecified atom stereocenters. The summed E-state index contributed by atoms with van der Waals surface area (Å²) in [5.41, 5.74) is 0.488. The summed E-state index contributed by atoms with van der Waals surface area (Å²) in [6.45, 7) is 1.31. The maximum Gasteiger partial charge on any atom is 0.251 e. The first-order valence-corrected chi connectivity index (χ1v) is 10.2. The summed E-state index contributed by atoms with van der Waals surface area (Å²) in [5.74, 6) is 2.68. The van der Waals surface area contributed by atoms with Gasteiger partial charge in [-0.1, -0.05) is 11.8 Å². The minimum atomic E-state index is -0.188. The van der Waals surface area contributed by atoms with Gasteiger partial charge in [-0.05, 0) is 25.0 Å². The van der Waals surface area contributed by atoms with Crippen molar-refractivity contribution >= 4 is 17.7 Å². The predicted octanol–water partition coefficient (Wildman–Crippen LogP) is 2.08. The fraction of sp³-hybridized carbons (Fsp3) is 0.526. The first kappa shape index (κ1) is 20.5. The van der Waals surface area contributed by atoms with Crippen LogP contribution in [0.5, 0.6) is 11.5 Å². The lowest BCUT2D eigenvalue weighted by atomic mass is 10.2. The summed E-state index contributed by atoms with van der Waals surface area (Å²) < 4.78 is 18.0. The number of carbonyl (C=O) groups is 1. The van der Waals surface area contributed by atoms with Crippen LogP contribution in [0, 0.1) is 0 Å². The van der Waals surface area contributed by atoms with Crippen LogP contribution in [-0.4, -0.2) is 59.9 Å². The van der Waals surface area contributed by atoms with Crippen LogP contribution in [0.3, 0.4) is 0 Å². The molecule has 9 heteroatoms. The molecule has 152 valence electrons. The van der Waals surface area contributed by atoms with Crippen molar-refractivity contribution in [3.05, 3.63) is 29.6 Å². The second kappa shape index (κ2) is 9.79. The fourth-order valence-corrected chi connectivity index (χ4v) is 3.96. The van der Waals surface area contributed by atoms with Gasteiger partial charge in [-0.25, -0.2) is 0 Å². The van der Waals surface area contributed by atoms with Crippen LogP contribution in [0.4, 0.5) is 0 Å². The Morgan fingerprint density at radius 3 is 2.68 bits per heavy atom. The molecule has 1 atom stereocenters. The highest BCUT2D eigenvalue weighted by Crippen LogP contribution is 2.23. The van der Waals surface area contributed by atoms with Crippen LogP contribution >= 0.6 is 11.8 Å². The lowest BCUT2D eigenvalue weighted by molar-refractivity contribution is 0.0953. The van der Waals surface area contributed by atoms with Gasteiger partial charge in [-0.3, -0.25) is 4.79 Å². The van der Waals surface area contributed by atoms with E-state index in [0.29, 0.717) is 36.1 Å². The van der Waals surface area contributed by atoms with Gasteiger partial charge in [0.2, 0.25) is 0 Å². The molecule has 1 fully saturated rings. The summed E-state index contributed by atoms with van der Waals surface area (Å²) in [4.78, 5) is 12.4. The number of ether oxygens (including phenoxy) is 3. The van der Waals surface area contributed by atoms with Crippen LogP contribution in [0.25, 0.3) is 0 Å². The summed E-state index contributed by atoms with van der Waals surface area (Å²) in [7, 11) is 5.06. The van der Waals surface area contributed by atoms with Gasteiger partial charge in [0.15, 0.2) is 5.16 Å². The molecule has 3 rings (SSSR count). The Balaban J connectivity index is 1.51. The third-order valence-electron chi connectivity index (χ3n) is 4.60. The summed E-state index contributed by atoms with van der Waals surface area (Å²) in [6.07, 6.45) is 3.15. The quantitative estimate of drug-likeness (QED) is 0.638. The van der Waals surface area contributed by atoms with E-state index in [1.54, 1.807) is 44.2 Å². The van der Waals surface area contributed by atoms with Gasteiger partial charge in [0.1, 0.15) is 17.3 Å². The fourth-order valence-electron chi connectivity index (χ4n) is 2.96. The summed E-state index contributed by atoms with van der Waals surface area (Å²) in [5, 5.41) is 12.3. The number of thioether (sulfide) groups is 1. The standard InChI is InChI=1S/C19H26N4O4S/c1-23-17(21-22-19(23)28-12-14-5-4-8-27-14)6-7-20-18(24)13-9-15(25-2)11-16(10-13)26-3/h9-11,14H,4-8,12H2,1-3H3,(H,20,24). The molecule has 28 heavy (non-hydrogen) atoms. The predicted molar refractivity (Wildman–Crippen MR) is 106 cm³/mol. The van der Waals surface area contributed by atoms with Gasteiger partial charge in [0.05, 0.1) is 20.3 Å². The third kappa shape index (κ3) is 5.17. The van der Waals surface area contributed by atoms with Crippen LogP contribution < -0.4 is 14.8 Å². The van der Waals surface area contributed by atoms with E-state index in [9.17, 15) is 4.79 Å². The van der Waals surface area contributed by atoms with Crippen LogP contribution in [0.1, 0.15) is 29.0 Å². The van der Waals surface area contributed by atoms with Crippen LogP contribution in [0.15, 0.2) is 23.4 Å². The van der Waals surface area contributed by atoms with Crippen molar-refractivity contribution < 1.29 is 19.0 Å². The van der Waals surface area contributed by atoms with Gasteiger partial charge in [0, 0.05) is 44.0 Å². The van der Waals surface area contributed by atoms with E-state index in [1.807, 2.05) is 11.6 Å². The average Bonchev–Trinajstić information content (AvgIpc) is 3.36. The zero-order chi connectivity index (χ0) is 19.9. The monoisotopic (exact) mass is 406 g/mol. The topological polar surface area (TPSA) is 87.5 Å². The van der Waals surface area contributed by atoms with Gasteiger partial charge in [-0.15, -0.1) is 10.2 Å². The molecule has 0 radical (unpaired) electrons. The maximum absolute atomic E-state index is 12.4. The molecule has 1 aliphatic rings. The van der Waals surface area contributed by atoms with Crippen LogP contribution in [0.2, 0.25) is 0 Å². The van der Waals surface area contributed by atoms with Gasteiger partial charge < -0.3 is 24.1 Å². The molecular weight excluding hydrogens is 380 g/mol. The number of benzene rings is 1. The normalized spacial score (nSPS) is 16.2. The number of methoxy groups -OCH3 is 2. The van der Waals surface area contributed by atoms with Crippen molar-refractivity contribution in [3.8, 4) is 11.5 Å². The lowest BCUT2D eigenvalue weighted by Gasteiger charge is -2.10. The van der Waals surface area contributed by atoms with E-state index in [0.717, 1.165) is 36.2 Å². The van der Waals surface area contributed by atoms with Gasteiger partial charge in [-0.2, -0.15) is 0 Å². The lowest BCUT2D eigenvalue weighted by Crippen LogP contribution is -2.26. The zero-order valence-electron chi connectivity index (χ0n) is 16.4. The number of carbonyl (C=O) groups excluding carboxylic acids is 1. The molecule has 0 saturated carbocycles. The van der Waals surface area contributed by atoms with Crippen molar-refractivity contribution in [1.82, 2.24) is 20.1 Å². The van der Waals surface area contributed by atoms with Crippen molar-refractivity contribution in [1.29, 1.82) is 0 Å².